The fourth-order valence-electron chi connectivity index (χ4n) is 1.07. The highest BCUT2D eigenvalue weighted by Crippen LogP contribution is 2.14. The molecule has 2 N–H and O–H groups in total. The van der Waals surface area contributed by atoms with Gasteiger partial charge < -0.3 is 10.4 Å². The van der Waals surface area contributed by atoms with E-state index in [-0.39, 0.29) is 18.2 Å². The summed E-state index contributed by atoms with van der Waals surface area (Å²) in [7, 11) is 0. The molecule has 0 amide bonds. The second-order valence-electron chi connectivity index (χ2n) is 3.07. The number of anilines is 1. The van der Waals surface area contributed by atoms with E-state index in [9.17, 15) is 4.39 Å². The van der Waals surface area contributed by atoms with Crippen LogP contribution < -0.4 is 5.32 Å². The summed E-state index contributed by atoms with van der Waals surface area (Å²) < 4.78 is 12.9. The molecule has 0 aromatic heterocycles. The highest BCUT2D eigenvalue weighted by atomic mass is 19.1. The Balaban J connectivity index is 2.88. The fourth-order valence-corrected chi connectivity index (χ4v) is 1.07. The number of rotatable bonds is 3. The zero-order chi connectivity index (χ0) is 10.6. The van der Waals surface area contributed by atoms with Crippen LogP contribution in [0, 0.1) is 17.1 Å². The van der Waals surface area contributed by atoms with Crippen LogP contribution in [0.3, 0.4) is 0 Å². The fraction of sp³-hybridized carbons (Fsp3) is 0.300. The SMILES string of the molecule is CC(CO)Nc1cc(F)cc(C#N)c1. The number of aliphatic hydroxyl groups excluding tert-OH is 1. The van der Waals surface area contributed by atoms with Crippen LogP contribution in [0.4, 0.5) is 10.1 Å². The van der Waals surface area contributed by atoms with Crippen molar-refractivity contribution in [2.24, 2.45) is 0 Å². The van der Waals surface area contributed by atoms with Gasteiger partial charge in [0.25, 0.3) is 0 Å². The van der Waals surface area contributed by atoms with Crippen molar-refractivity contribution in [1.82, 2.24) is 0 Å². The molecule has 3 nitrogen and oxygen atoms in total. The molecule has 0 saturated heterocycles. The first-order valence-corrected chi connectivity index (χ1v) is 4.24. The minimum atomic E-state index is -0.461. The van der Waals surface area contributed by atoms with Crippen LogP contribution in [0.1, 0.15) is 12.5 Å². The first kappa shape index (κ1) is 10.5. The lowest BCUT2D eigenvalue weighted by atomic mass is 10.2. The number of nitrogens with zero attached hydrogens (tertiary/aromatic N) is 1. The van der Waals surface area contributed by atoms with Crippen LogP contribution in [0.15, 0.2) is 18.2 Å². The molecule has 14 heavy (non-hydrogen) atoms. The van der Waals surface area contributed by atoms with Crippen LogP contribution >= 0.6 is 0 Å². The Morgan fingerprint density at radius 1 is 1.57 bits per heavy atom. The van der Waals surface area contributed by atoms with Gasteiger partial charge in [-0.2, -0.15) is 5.26 Å². The van der Waals surface area contributed by atoms with Gasteiger partial charge in [-0.25, -0.2) is 4.39 Å². The molecular weight excluding hydrogens is 183 g/mol. The van der Waals surface area contributed by atoms with Crippen molar-refractivity contribution in [2.75, 3.05) is 11.9 Å². The van der Waals surface area contributed by atoms with Gasteiger partial charge >= 0.3 is 0 Å². The van der Waals surface area contributed by atoms with E-state index in [0.29, 0.717) is 5.69 Å². The van der Waals surface area contributed by atoms with Crippen LogP contribution in [0.25, 0.3) is 0 Å². The first-order valence-electron chi connectivity index (χ1n) is 4.24. The average molecular weight is 194 g/mol. The van der Waals surface area contributed by atoms with Gasteiger partial charge in [-0.1, -0.05) is 0 Å². The molecule has 1 aromatic carbocycles. The summed E-state index contributed by atoms with van der Waals surface area (Å²) in [5.41, 5.74) is 0.765. The molecule has 1 aromatic rings. The normalized spacial score (nSPS) is 11.9. The van der Waals surface area contributed by atoms with E-state index in [1.807, 2.05) is 6.07 Å². The topological polar surface area (TPSA) is 56.0 Å². The predicted octanol–water partition coefficient (Wildman–Crippen LogP) is 1.49. The van der Waals surface area contributed by atoms with Crippen molar-refractivity contribution in [2.45, 2.75) is 13.0 Å². The molecule has 0 bridgehead atoms. The number of aliphatic hydroxyl groups is 1. The molecule has 74 valence electrons. The molecule has 1 rings (SSSR count). The second-order valence-corrected chi connectivity index (χ2v) is 3.07. The maximum absolute atomic E-state index is 12.9. The molecule has 1 unspecified atom stereocenters. The lowest BCUT2D eigenvalue weighted by Gasteiger charge is -2.12. The highest BCUT2D eigenvalue weighted by molar-refractivity contribution is 5.50. The van der Waals surface area contributed by atoms with E-state index in [1.54, 1.807) is 6.92 Å². The third-order valence-corrected chi connectivity index (χ3v) is 1.71. The molecule has 0 aliphatic heterocycles. The molecule has 4 heteroatoms. The Morgan fingerprint density at radius 3 is 2.86 bits per heavy atom. The largest absolute Gasteiger partial charge is 0.394 e. The van der Waals surface area contributed by atoms with Crippen LogP contribution in [-0.2, 0) is 0 Å². The summed E-state index contributed by atoms with van der Waals surface area (Å²) in [6.07, 6.45) is 0. The molecule has 0 radical (unpaired) electrons. The molecule has 0 heterocycles. The predicted molar refractivity (Wildman–Crippen MR) is 51.3 cm³/mol. The third kappa shape index (κ3) is 2.71. The maximum atomic E-state index is 12.9. The first-order chi connectivity index (χ1) is 6.65. The monoisotopic (exact) mass is 194 g/mol. The number of benzene rings is 1. The number of nitriles is 1. The van der Waals surface area contributed by atoms with Crippen molar-refractivity contribution in [3.8, 4) is 6.07 Å². The van der Waals surface area contributed by atoms with Crippen LogP contribution in [-0.4, -0.2) is 17.8 Å². The van der Waals surface area contributed by atoms with E-state index < -0.39 is 5.82 Å². The molecule has 0 aliphatic rings. The summed E-state index contributed by atoms with van der Waals surface area (Å²) in [6.45, 7) is 1.72. The van der Waals surface area contributed by atoms with E-state index in [2.05, 4.69) is 5.32 Å². The quantitative estimate of drug-likeness (QED) is 0.766. The van der Waals surface area contributed by atoms with Crippen molar-refractivity contribution < 1.29 is 9.50 Å². The van der Waals surface area contributed by atoms with Gasteiger partial charge in [0.2, 0.25) is 0 Å². The average Bonchev–Trinajstić information content (AvgIpc) is 2.16. The van der Waals surface area contributed by atoms with Crippen molar-refractivity contribution in [3.63, 3.8) is 0 Å². The zero-order valence-electron chi connectivity index (χ0n) is 7.79. The molecule has 0 fully saturated rings. The third-order valence-electron chi connectivity index (χ3n) is 1.71. The molecule has 1 atom stereocenters. The summed E-state index contributed by atoms with van der Waals surface area (Å²) in [5, 5.41) is 20.2. The molecule has 0 spiro atoms. The smallest absolute Gasteiger partial charge is 0.126 e. The lowest BCUT2D eigenvalue weighted by molar-refractivity contribution is 0.281. The summed E-state index contributed by atoms with van der Waals surface area (Å²) in [6, 6.07) is 5.68. The maximum Gasteiger partial charge on any atom is 0.126 e. The zero-order valence-corrected chi connectivity index (χ0v) is 7.79. The Kier molecular flexibility index (Phi) is 3.43. The van der Waals surface area contributed by atoms with Crippen molar-refractivity contribution >= 4 is 5.69 Å². The Labute approximate surface area is 81.8 Å². The van der Waals surface area contributed by atoms with Gasteiger partial charge in [-0.05, 0) is 25.1 Å². The van der Waals surface area contributed by atoms with Crippen molar-refractivity contribution in [1.29, 1.82) is 5.26 Å². The van der Waals surface area contributed by atoms with Gasteiger partial charge in [-0.15, -0.1) is 0 Å². The molecular formula is C10H11FN2O. The van der Waals surface area contributed by atoms with Gasteiger partial charge in [0, 0.05) is 11.7 Å². The number of halogens is 1. The van der Waals surface area contributed by atoms with Gasteiger partial charge in [-0.3, -0.25) is 0 Å². The Bertz CT molecular complexity index is 360. The Morgan fingerprint density at radius 2 is 2.29 bits per heavy atom. The lowest BCUT2D eigenvalue weighted by Crippen LogP contribution is -2.19. The van der Waals surface area contributed by atoms with Gasteiger partial charge in [0.1, 0.15) is 5.82 Å². The standard InChI is InChI=1S/C10H11FN2O/c1-7(6-14)13-10-3-8(5-12)2-9(11)4-10/h2-4,7,13-14H,6H2,1H3. The number of hydrogen-bond donors (Lipinski definition) is 2. The summed E-state index contributed by atoms with van der Waals surface area (Å²) in [5.74, 6) is -0.461. The van der Waals surface area contributed by atoms with E-state index >= 15 is 0 Å². The number of hydrogen-bond acceptors (Lipinski definition) is 3. The van der Waals surface area contributed by atoms with E-state index in [0.717, 1.165) is 6.07 Å². The summed E-state index contributed by atoms with van der Waals surface area (Å²) in [4.78, 5) is 0. The van der Waals surface area contributed by atoms with Crippen molar-refractivity contribution in [3.05, 3.63) is 29.6 Å². The van der Waals surface area contributed by atoms with Crippen LogP contribution in [0.2, 0.25) is 0 Å². The van der Waals surface area contributed by atoms with Gasteiger partial charge in [0.05, 0.1) is 18.2 Å². The van der Waals surface area contributed by atoms with Crippen LogP contribution in [0.5, 0.6) is 0 Å². The summed E-state index contributed by atoms with van der Waals surface area (Å²) >= 11 is 0. The molecule has 0 saturated carbocycles. The number of nitrogens with one attached hydrogen (secondary N) is 1. The highest BCUT2D eigenvalue weighted by Gasteiger charge is 2.03. The van der Waals surface area contributed by atoms with E-state index in [1.165, 1.54) is 12.1 Å². The second kappa shape index (κ2) is 4.58. The minimum Gasteiger partial charge on any atom is -0.394 e. The Hall–Kier alpha value is -1.60. The molecule has 0 aliphatic carbocycles. The minimum absolute atomic E-state index is 0.0433. The van der Waals surface area contributed by atoms with Gasteiger partial charge in [0.15, 0.2) is 0 Å². The van der Waals surface area contributed by atoms with E-state index in [4.69, 9.17) is 10.4 Å².